The molecule has 0 unspecified atom stereocenters. The molecule has 4 aromatic rings. The Balaban J connectivity index is 1.64. The van der Waals surface area contributed by atoms with Crippen molar-refractivity contribution in [3.05, 3.63) is 112 Å². The van der Waals surface area contributed by atoms with E-state index in [1.54, 1.807) is 6.07 Å². The van der Waals surface area contributed by atoms with E-state index in [-0.39, 0.29) is 66.8 Å². The van der Waals surface area contributed by atoms with E-state index in [2.05, 4.69) is 31.9 Å². The van der Waals surface area contributed by atoms with Crippen LogP contribution >= 0.6 is 78.3 Å². The summed E-state index contributed by atoms with van der Waals surface area (Å²) in [6.07, 6.45) is 0. The van der Waals surface area contributed by atoms with Crippen LogP contribution in [0.25, 0.3) is 0 Å². The standard InChI is InChI=1S/C28H10Br2Cl4N2O6S/c29-13-3-1-2-4-17(13)43(41,42)18-10-9-16(35-25(37)11-5-7-14(31)22(33)19(11)27(35)39)24(21(18)30)36-26(38)12-6-8-15(32)23(34)20(12)28(36)40/h1-10H. The normalized spacial score (nSPS) is 14.6. The van der Waals surface area contributed by atoms with Crippen LogP contribution in [-0.2, 0) is 9.84 Å². The van der Waals surface area contributed by atoms with Gasteiger partial charge < -0.3 is 0 Å². The molecule has 0 saturated heterocycles. The van der Waals surface area contributed by atoms with Gasteiger partial charge in [-0.15, -0.1) is 0 Å². The number of halogens is 6. The molecule has 0 aromatic heterocycles. The molecular weight excluding hydrogens is 794 g/mol. The van der Waals surface area contributed by atoms with Crippen LogP contribution in [0.1, 0.15) is 41.4 Å². The monoisotopic (exact) mass is 800 g/mol. The van der Waals surface area contributed by atoms with E-state index < -0.39 is 39.2 Å². The summed E-state index contributed by atoms with van der Waals surface area (Å²) in [5, 5.41) is -0.348. The molecule has 0 aliphatic carbocycles. The summed E-state index contributed by atoms with van der Waals surface area (Å²) in [5.41, 5.74) is -1.30. The van der Waals surface area contributed by atoms with Gasteiger partial charge in [0.2, 0.25) is 9.84 Å². The van der Waals surface area contributed by atoms with Crippen molar-refractivity contribution >= 4 is 123 Å². The van der Waals surface area contributed by atoms with Gasteiger partial charge in [-0.2, -0.15) is 0 Å². The molecule has 0 saturated carbocycles. The summed E-state index contributed by atoms with van der Waals surface area (Å²) in [6.45, 7) is 0. The third-order valence-corrected chi connectivity index (χ3v) is 12.3. The van der Waals surface area contributed by atoms with Crippen molar-refractivity contribution in [3.63, 3.8) is 0 Å². The maximum absolute atomic E-state index is 13.9. The Kier molecular flexibility index (Phi) is 7.53. The number of rotatable bonds is 4. The Labute approximate surface area is 280 Å². The van der Waals surface area contributed by atoms with E-state index >= 15 is 0 Å². The van der Waals surface area contributed by atoms with Gasteiger partial charge in [0.25, 0.3) is 23.6 Å². The SMILES string of the molecule is O=C1c2ccc(Cl)c(Cl)c2C(=O)N1c1ccc(S(=O)(=O)c2ccccc2Br)c(Br)c1N1C(=O)c2ccc(Cl)c(Cl)c2C1=O. The van der Waals surface area contributed by atoms with Crippen molar-refractivity contribution in [2.24, 2.45) is 0 Å². The van der Waals surface area contributed by atoms with Gasteiger partial charge in [-0.25, -0.2) is 18.2 Å². The largest absolute Gasteiger partial charge is 0.268 e. The summed E-state index contributed by atoms with van der Waals surface area (Å²) >= 11 is 31.4. The second-order valence-corrected chi connectivity index (χ2v) is 14.2. The van der Waals surface area contributed by atoms with Crippen LogP contribution in [0.15, 0.2) is 79.4 Å². The fourth-order valence-electron chi connectivity index (χ4n) is 4.86. The fourth-order valence-corrected chi connectivity index (χ4v) is 9.15. The lowest BCUT2D eigenvalue weighted by atomic mass is 10.1. The van der Waals surface area contributed by atoms with Crippen LogP contribution in [0.2, 0.25) is 20.1 Å². The van der Waals surface area contributed by atoms with Gasteiger partial charge in [-0.3, -0.25) is 19.2 Å². The first-order chi connectivity index (χ1) is 20.3. The van der Waals surface area contributed by atoms with Crippen molar-refractivity contribution in [3.8, 4) is 0 Å². The molecule has 0 fully saturated rings. The van der Waals surface area contributed by atoms with Crippen molar-refractivity contribution in [1.82, 2.24) is 0 Å². The topological polar surface area (TPSA) is 109 Å². The number of imide groups is 2. The molecule has 0 atom stereocenters. The van der Waals surface area contributed by atoms with Crippen molar-refractivity contribution in [1.29, 1.82) is 0 Å². The Bertz CT molecular complexity index is 2120. The number of amides is 4. The number of hydrogen-bond donors (Lipinski definition) is 0. The predicted octanol–water partition coefficient (Wildman–Crippen LogP) is 8.26. The predicted molar refractivity (Wildman–Crippen MR) is 169 cm³/mol. The van der Waals surface area contributed by atoms with Gasteiger partial charge in [0.05, 0.1) is 68.0 Å². The van der Waals surface area contributed by atoms with Crippen LogP contribution in [0.3, 0.4) is 0 Å². The van der Waals surface area contributed by atoms with Gasteiger partial charge in [0.1, 0.15) is 0 Å². The molecule has 43 heavy (non-hydrogen) atoms. The first kappa shape index (κ1) is 30.3. The Morgan fingerprint density at radius 1 is 0.581 bits per heavy atom. The average Bonchev–Trinajstić information content (AvgIpc) is 3.36. The lowest BCUT2D eigenvalue weighted by molar-refractivity contribution is 0.0903. The summed E-state index contributed by atoms with van der Waals surface area (Å²) in [4.78, 5) is 55.7. The molecule has 216 valence electrons. The first-order valence-corrected chi connectivity index (χ1v) is 16.4. The highest BCUT2D eigenvalue weighted by Gasteiger charge is 2.46. The maximum atomic E-state index is 13.9. The van der Waals surface area contributed by atoms with Gasteiger partial charge in [-0.1, -0.05) is 58.5 Å². The summed E-state index contributed by atoms with van der Waals surface area (Å²) < 4.78 is 27.7. The van der Waals surface area contributed by atoms with Gasteiger partial charge in [-0.05, 0) is 80.4 Å². The minimum Gasteiger partial charge on any atom is -0.268 e. The summed E-state index contributed by atoms with van der Waals surface area (Å²) in [5.74, 6) is -3.60. The van der Waals surface area contributed by atoms with Crippen molar-refractivity contribution in [2.75, 3.05) is 9.80 Å². The number of nitrogens with zero attached hydrogens (tertiary/aromatic N) is 2. The molecule has 2 heterocycles. The minimum atomic E-state index is -4.32. The molecule has 2 aliphatic rings. The molecule has 0 radical (unpaired) electrons. The number of carbonyl (C=O) groups excluding carboxylic acids is 4. The maximum Gasteiger partial charge on any atom is 0.267 e. The second kappa shape index (κ2) is 10.7. The number of sulfone groups is 1. The van der Waals surface area contributed by atoms with E-state index in [1.807, 2.05) is 0 Å². The molecule has 8 nitrogen and oxygen atoms in total. The van der Waals surface area contributed by atoms with E-state index in [0.717, 1.165) is 12.1 Å². The molecule has 4 amide bonds. The number of benzene rings is 4. The molecule has 0 spiro atoms. The van der Waals surface area contributed by atoms with Gasteiger partial charge in [0.15, 0.2) is 0 Å². The zero-order valence-corrected chi connectivity index (χ0v) is 27.8. The molecular formula is C28H10Br2Cl4N2O6S. The highest BCUT2D eigenvalue weighted by atomic mass is 79.9. The molecule has 6 rings (SSSR count). The van der Waals surface area contributed by atoms with Crippen molar-refractivity contribution in [2.45, 2.75) is 9.79 Å². The fraction of sp³-hybridized carbons (Fsp3) is 0. The molecule has 0 N–H and O–H groups in total. The quantitative estimate of drug-likeness (QED) is 0.192. The van der Waals surface area contributed by atoms with Crippen LogP contribution in [-0.4, -0.2) is 32.0 Å². The van der Waals surface area contributed by atoms with E-state index in [1.165, 1.54) is 42.5 Å². The van der Waals surface area contributed by atoms with Crippen molar-refractivity contribution < 1.29 is 27.6 Å². The Morgan fingerprint density at radius 3 is 1.65 bits per heavy atom. The second-order valence-electron chi connectivity index (χ2n) is 9.14. The zero-order valence-electron chi connectivity index (χ0n) is 20.8. The Morgan fingerprint density at radius 2 is 1.09 bits per heavy atom. The lowest BCUT2D eigenvalue weighted by Gasteiger charge is -2.25. The number of fused-ring (bicyclic) bond motifs is 2. The van der Waals surface area contributed by atoms with Crippen LogP contribution in [0.4, 0.5) is 11.4 Å². The lowest BCUT2D eigenvalue weighted by Crippen LogP contribution is -2.35. The molecule has 0 bridgehead atoms. The number of hydrogen-bond acceptors (Lipinski definition) is 6. The summed E-state index contributed by atoms with van der Waals surface area (Å²) in [6, 6.07) is 13.6. The third kappa shape index (κ3) is 4.40. The van der Waals surface area contributed by atoms with E-state index in [0.29, 0.717) is 9.80 Å². The molecule has 4 aromatic carbocycles. The third-order valence-electron chi connectivity index (χ3n) is 6.83. The zero-order chi connectivity index (χ0) is 31.1. The molecule has 2 aliphatic heterocycles. The van der Waals surface area contributed by atoms with E-state index in [9.17, 15) is 27.6 Å². The average molecular weight is 804 g/mol. The Hall–Kier alpha value is -2.77. The van der Waals surface area contributed by atoms with Crippen LogP contribution in [0, 0.1) is 0 Å². The van der Waals surface area contributed by atoms with Gasteiger partial charge in [0, 0.05) is 4.47 Å². The minimum absolute atomic E-state index is 0.000157. The molecule has 15 heteroatoms. The highest BCUT2D eigenvalue weighted by Crippen LogP contribution is 2.49. The van der Waals surface area contributed by atoms with Gasteiger partial charge >= 0.3 is 0 Å². The highest BCUT2D eigenvalue weighted by molar-refractivity contribution is 9.11. The first-order valence-electron chi connectivity index (χ1n) is 11.8. The smallest absolute Gasteiger partial charge is 0.267 e. The number of carbonyl (C=O) groups is 4. The number of anilines is 2. The summed E-state index contributed by atoms with van der Waals surface area (Å²) in [7, 11) is -4.32. The van der Waals surface area contributed by atoms with Crippen LogP contribution in [0.5, 0.6) is 0 Å². The van der Waals surface area contributed by atoms with E-state index in [4.69, 9.17) is 46.4 Å². The van der Waals surface area contributed by atoms with Crippen LogP contribution < -0.4 is 9.80 Å².